The lowest BCUT2D eigenvalue weighted by atomic mass is 9.98. The zero-order chi connectivity index (χ0) is 13.6. The molecule has 5 heteroatoms. The molecule has 1 amide bonds. The Morgan fingerprint density at radius 3 is 2.44 bits per heavy atom. The molecule has 1 saturated heterocycles. The second kappa shape index (κ2) is 6.85. The van der Waals surface area contributed by atoms with Crippen molar-refractivity contribution in [2.75, 3.05) is 32.8 Å². The normalized spacial score (nSPS) is 17.5. The molecule has 1 aliphatic heterocycles. The molecule has 5 nitrogen and oxygen atoms in total. The first-order valence-electron chi connectivity index (χ1n) is 6.49. The summed E-state index contributed by atoms with van der Waals surface area (Å²) in [6, 6.07) is 0. The fourth-order valence-electron chi connectivity index (χ4n) is 2.19. The van der Waals surface area contributed by atoms with E-state index in [1.807, 2.05) is 13.8 Å². The molecule has 0 atom stereocenters. The summed E-state index contributed by atoms with van der Waals surface area (Å²) in [5.41, 5.74) is -0.450. The van der Waals surface area contributed by atoms with Crippen LogP contribution in [0.3, 0.4) is 0 Å². The second-order valence-electron chi connectivity index (χ2n) is 5.51. The van der Waals surface area contributed by atoms with Gasteiger partial charge in [0.25, 0.3) is 0 Å². The predicted octanol–water partition coefficient (Wildman–Crippen LogP) is 0.583. The summed E-state index contributed by atoms with van der Waals surface area (Å²) in [4.78, 5) is 25.1. The molecule has 1 N–H and O–H groups in total. The van der Waals surface area contributed by atoms with E-state index >= 15 is 0 Å². The zero-order valence-electron chi connectivity index (χ0n) is 11.6. The summed E-state index contributed by atoms with van der Waals surface area (Å²) < 4.78 is 5.25. The van der Waals surface area contributed by atoms with Gasteiger partial charge in [-0.25, -0.2) is 0 Å². The molecule has 0 aliphatic carbocycles. The van der Waals surface area contributed by atoms with E-state index < -0.39 is 5.54 Å². The Labute approximate surface area is 109 Å². The minimum atomic E-state index is -0.450. The number of hydrogen-bond donors (Lipinski definition) is 1. The number of Topliss-reactive ketones (excluding diaryl/α,β-unsaturated/α-hetero) is 1. The molecular weight excluding hydrogens is 232 g/mol. The van der Waals surface area contributed by atoms with Gasteiger partial charge in [-0.2, -0.15) is 0 Å². The van der Waals surface area contributed by atoms with Gasteiger partial charge in [-0.1, -0.05) is 0 Å². The molecule has 0 spiro atoms. The topological polar surface area (TPSA) is 58.6 Å². The maximum absolute atomic E-state index is 11.8. The van der Waals surface area contributed by atoms with Crippen molar-refractivity contribution in [3.8, 4) is 0 Å². The van der Waals surface area contributed by atoms with Crippen molar-refractivity contribution in [1.29, 1.82) is 0 Å². The maximum Gasteiger partial charge on any atom is 0.221 e. The highest BCUT2D eigenvalue weighted by atomic mass is 16.5. The molecule has 1 aliphatic rings. The molecule has 1 heterocycles. The Balaban J connectivity index is 2.25. The summed E-state index contributed by atoms with van der Waals surface area (Å²) in [6.45, 7) is 9.33. The summed E-state index contributed by atoms with van der Waals surface area (Å²) in [6.07, 6.45) is 0.845. The third kappa shape index (κ3) is 6.12. The van der Waals surface area contributed by atoms with Gasteiger partial charge in [0.05, 0.1) is 13.2 Å². The van der Waals surface area contributed by atoms with Gasteiger partial charge in [0.1, 0.15) is 5.78 Å². The Morgan fingerprint density at radius 1 is 1.28 bits per heavy atom. The van der Waals surface area contributed by atoms with Gasteiger partial charge >= 0.3 is 0 Å². The van der Waals surface area contributed by atoms with Gasteiger partial charge in [0, 0.05) is 38.0 Å². The van der Waals surface area contributed by atoms with E-state index in [1.54, 1.807) is 6.92 Å². The van der Waals surface area contributed by atoms with Crippen LogP contribution in [0.4, 0.5) is 0 Å². The first-order valence-corrected chi connectivity index (χ1v) is 6.49. The number of carbonyl (C=O) groups excluding carboxylic acids is 2. The van der Waals surface area contributed by atoms with Crippen LogP contribution in [0.5, 0.6) is 0 Å². The zero-order valence-corrected chi connectivity index (χ0v) is 11.6. The van der Waals surface area contributed by atoms with Crippen LogP contribution >= 0.6 is 0 Å². The predicted molar refractivity (Wildman–Crippen MR) is 69.4 cm³/mol. The van der Waals surface area contributed by atoms with Crippen molar-refractivity contribution in [3.05, 3.63) is 0 Å². The summed E-state index contributed by atoms with van der Waals surface area (Å²) in [5, 5.41) is 2.91. The van der Waals surface area contributed by atoms with Crippen LogP contribution in [-0.2, 0) is 14.3 Å². The number of nitrogens with one attached hydrogen (secondary N) is 1. The van der Waals surface area contributed by atoms with Gasteiger partial charge in [-0.05, 0) is 20.8 Å². The first kappa shape index (κ1) is 15.1. The number of amides is 1. The molecule has 0 aromatic carbocycles. The van der Waals surface area contributed by atoms with Crippen molar-refractivity contribution in [2.24, 2.45) is 0 Å². The smallest absolute Gasteiger partial charge is 0.221 e. The lowest BCUT2D eigenvalue weighted by molar-refractivity contribution is -0.124. The highest BCUT2D eigenvalue weighted by Gasteiger charge is 2.22. The van der Waals surface area contributed by atoms with Crippen molar-refractivity contribution in [3.63, 3.8) is 0 Å². The largest absolute Gasteiger partial charge is 0.379 e. The van der Waals surface area contributed by atoms with Gasteiger partial charge in [-0.15, -0.1) is 0 Å². The van der Waals surface area contributed by atoms with Gasteiger partial charge in [0.2, 0.25) is 5.91 Å². The fourth-order valence-corrected chi connectivity index (χ4v) is 2.19. The minimum Gasteiger partial charge on any atom is -0.379 e. The molecule has 0 bridgehead atoms. The van der Waals surface area contributed by atoms with E-state index in [9.17, 15) is 9.59 Å². The number of ketones is 1. The molecule has 0 saturated carbocycles. The average molecular weight is 256 g/mol. The molecule has 104 valence electrons. The van der Waals surface area contributed by atoms with Crippen molar-refractivity contribution < 1.29 is 14.3 Å². The SMILES string of the molecule is CC(=O)CC(C)(C)NC(=O)CCN1CCOCC1. The van der Waals surface area contributed by atoms with Crippen LogP contribution < -0.4 is 5.32 Å². The molecule has 0 aromatic heterocycles. The fraction of sp³-hybridized carbons (Fsp3) is 0.846. The van der Waals surface area contributed by atoms with Crippen molar-refractivity contribution in [2.45, 2.75) is 39.2 Å². The van der Waals surface area contributed by atoms with Crippen LogP contribution in [0.15, 0.2) is 0 Å². The van der Waals surface area contributed by atoms with E-state index in [-0.39, 0.29) is 11.7 Å². The van der Waals surface area contributed by atoms with Crippen molar-refractivity contribution in [1.82, 2.24) is 10.2 Å². The maximum atomic E-state index is 11.8. The molecule has 1 rings (SSSR count). The molecule has 0 unspecified atom stereocenters. The summed E-state index contributed by atoms with van der Waals surface area (Å²) >= 11 is 0. The number of nitrogens with zero attached hydrogens (tertiary/aromatic N) is 1. The number of morpholine rings is 1. The lowest BCUT2D eigenvalue weighted by Crippen LogP contribution is -2.46. The Kier molecular flexibility index (Phi) is 5.75. The molecule has 0 radical (unpaired) electrons. The van der Waals surface area contributed by atoms with E-state index in [0.717, 1.165) is 32.8 Å². The summed E-state index contributed by atoms with van der Waals surface area (Å²) in [7, 11) is 0. The Hall–Kier alpha value is -0.940. The molecule has 18 heavy (non-hydrogen) atoms. The molecule has 1 fully saturated rings. The Morgan fingerprint density at radius 2 is 1.89 bits per heavy atom. The van der Waals surface area contributed by atoms with Gasteiger partial charge in [-0.3, -0.25) is 14.5 Å². The van der Waals surface area contributed by atoms with Gasteiger partial charge < -0.3 is 10.1 Å². The number of rotatable bonds is 6. The Bertz CT molecular complexity index is 297. The lowest BCUT2D eigenvalue weighted by Gasteiger charge is -2.28. The van der Waals surface area contributed by atoms with E-state index in [2.05, 4.69) is 10.2 Å². The van der Waals surface area contributed by atoms with Crippen LogP contribution in [0.2, 0.25) is 0 Å². The van der Waals surface area contributed by atoms with E-state index in [4.69, 9.17) is 4.74 Å². The third-order valence-corrected chi connectivity index (χ3v) is 2.93. The number of hydrogen-bond acceptors (Lipinski definition) is 4. The second-order valence-corrected chi connectivity index (χ2v) is 5.51. The van der Waals surface area contributed by atoms with Crippen LogP contribution in [0, 0.1) is 0 Å². The highest BCUT2D eigenvalue weighted by molar-refractivity contribution is 5.80. The average Bonchev–Trinajstić information content (AvgIpc) is 2.25. The van der Waals surface area contributed by atoms with Crippen LogP contribution in [-0.4, -0.2) is 55.0 Å². The minimum absolute atomic E-state index is 0.00717. The highest BCUT2D eigenvalue weighted by Crippen LogP contribution is 2.09. The van der Waals surface area contributed by atoms with Crippen molar-refractivity contribution >= 4 is 11.7 Å². The monoisotopic (exact) mass is 256 g/mol. The first-order chi connectivity index (χ1) is 8.39. The van der Waals surface area contributed by atoms with E-state index in [0.29, 0.717) is 12.8 Å². The van der Waals surface area contributed by atoms with E-state index in [1.165, 1.54) is 0 Å². The van der Waals surface area contributed by atoms with Gasteiger partial charge in [0.15, 0.2) is 0 Å². The quantitative estimate of drug-likeness (QED) is 0.755. The number of carbonyl (C=O) groups is 2. The summed E-state index contributed by atoms with van der Waals surface area (Å²) in [5.74, 6) is 0.0984. The van der Waals surface area contributed by atoms with Crippen LogP contribution in [0.25, 0.3) is 0 Å². The van der Waals surface area contributed by atoms with Crippen LogP contribution in [0.1, 0.15) is 33.6 Å². The number of ether oxygens (including phenoxy) is 1. The standard InChI is InChI=1S/C13H24N2O3/c1-11(16)10-13(2,3)14-12(17)4-5-15-6-8-18-9-7-15/h4-10H2,1-3H3,(H,14,17). The third-order valence-electron chi connectivity index (χ3n) is 2.93. The molecule has 0 aromatic rings. The molecular formula is C13H24N2O3.